The lowest BCUT2D eigenvalue weighted by Crippen LogP contribution is -2.01. The molecular weight excluding hydrogens is 256 g/mol. The van der Waals surface area contributed by atoms with Crippen molar-refractivity contribution >= 4 is 6.29 Å². The third-order valence-corrected chi connectivity index (χ3v) is 4.76. The summed E-state index contributed by atoms with van der Waals surface area (Å²) >= 11 is 0. The van der Waals surface area contributed by atoms with Gasteiger partial charge in [-0.2, -0.15) is 0 Å². The van der Waals surface area contributed by atoms with E-state index in [0.717, 1.165) is 30.5 Å². The zero-order valence-electron chi connectivity index (χ0n) is 15.4. The molecule has 0 heterocycles. The Labute approximate surface area is 134 Å². The first-order valence-electron chi connectivity index (χ1n) is 9.39. The summed E-state index contributed by atoms with van der Waals surface area (Å²) in [4.78, 5) is 10.4. The molecule has 0 N–H and O–H groups in total. The number of carbonyl (C=O) groups is 1. The molecule has 0 saturated heterocycles. The van der Waals surface area contributed by atoms with Crippen LogP contribution in [-0.4, -0.2) is 6.29 Å². The summed E-state index contributed by atoms with van der Waals surface area (Å²) in [6.07, 6.45) is 14.0. The molecule has 0 spiro atoms. The minimum Gasteiger partial charge on any atom is -0.303 e. The normalized spacial score (nSPS) is 15.9. The van der Waals surface area contributed by atoms with Crippen LogP contribution in [0.4, 0.5) is 0 Å². The van der Waals surface area contributed by atoms with Gasteiger partial charge in [0, 0.05) is 6.42 Å². The van der Waals surface area contributed by atoms with Crippen molar-refractivity contribution in [3.63, 3.8) is 0 Å². The van der Waals surface area contributed by atoms with Gasteiger partial charge in [0.05, 0.1) is 0 Å². The summed E-state index contributed by atoms with van der Waals surface area (Å²) in [6.45, 7) is 11.7. The molecule has 0 aliphatic heterocycles. The van der Waals surface area contributed by atoms with E-state index in [-0.39, 0.29) is 0 Å². The van der Waals surface area contributed by atoms with Gasteiger partial charge in [0.25, 0.3) is 0 Å². The summed E-state index contributed by atoms with van der Waals surface area (Å²) in [7, 11) is 0. The molecule has 126 valence electrons. The lowest BCUT2D eigenvalue weighted by Gasteiger charge is -2.15. The van der Waals surface area contributed by atoms with E-state index in [2.05, 4.69) is 34.6 Å². The van der Waals surface area contributed by atoms with Crippen LogP contribution < -0.4 is 0 Å². The van der Waals surface area contributed by atoms with Crippen molar-refractivity contribution in [3.8, 4) is 0 Å². The Kier molecular flexibility index (Phi) is 13.1. The molecule has 1 nitrogen and oxygen atoms in total. The number of carbonyl (C=O) groups excluding carboxylic acids is 1. The molecule has 0 aromatic rings. The third kappa shape index (κ3) is 14.4. The molecule has 0 unspecified atom stereocenters. The SMILES string of the molecule is CC(C)CCC[C@H](C)CCC[C@H](C)CCC[C@@H](C)CC=O. The predicted octanol–water partition coefficient (Wildman–Crippen LogP) is 6.65. The third-order valence-electron chi connectivity index (χ3n) is 4.76. The molecule has 0 aliphatic carbocycles. The smallest absolute Gasteiger partial charge is 0.120 e. The molecule has 0 aromatic carbocycles. The quantitative estimate of drug-likeness (QED) is 0.328. The lowest BCUT2D eigenvalue weighted by atomic mass is 9.91. The Morgan fingerprint density at radius 1 is 0.619 bits per heavy atom. The first-order valence-corrected chi connectivity index (χ1v) is 9.39. The van der Waals surface area contributed by atoms with Crippen LogP contribution in [0.5, 0.6) is 0 Å². The average molecular weight is 297 g/mol. The highest BCUT2D eigenvalue weighted by Crippen LogP contribution is 2.22. The van der Waals surface area contributed by atoms with Gasteiger partial charge in [-0.05, 0) is 23.7 Å². The van der Waals surface area contributed by atoms with E-state index in [1.807, 2.05) is 0 Å². The maximum Gasteiger partial charge on any atom is 0.120 e. The fourth-order valence-electron chi connectivity index (χ4n) is 3.07. The first kappa shape index (κ1) is 20.7. The van der Waals surface area contributed by atoms with Gasteiger partial charge in [-0.1, -0.05) is 92.4 Å². The summed E-state index contributed by atoms with van der Waals surface area (Å²) < 4.78 is 0. The van der Waals surface area contributed by atoms with E-state index in [9.17, 15) is 4.79 Å². The van der Waals surface area contributed by atoms with Crippen molar-refractivity contribution < 1.29 is 4.79 Å². The maximum atomic E-state index is 10.4. The monoisotopic (exact) mass is 296 g/mol. The fourth-order valence-corrected chi connectivity index (χ4v) is 3.07. The fraction of sp³-hybridized carbons (Fsp3) is 0.950. The van der Waals surface area contributed by atoms with Crippen LogP contribution in [0.3, 0.4) is 0 Å². The van der Waals surface area contributed by atoms with Crippen molar-refractivity contribution in [1.82, 2.24) is 0 Å². The zero-order valence-corrected chi connectivity index (χ0v) is 15.4. The van der Waals surface area contributed by atoms with E-state index >= 15 is 0 Å². The minimum absolute atomic E-state index is 0.579. The number of aldehydes is 1. The average Bonchev–Trinajstić information content (AvgIpc) is 2.38. The number of rotatable bonds is 14. The Morgan fingerprint density at radius 3 is 1.38 bits per heavy atom. The molecule has 0 bridgehead atoms. The lowest BCUT2D eigenvalue weighted by molar-refractivity contribution is -0.108. The molecule has 0 aliphatic rings. The van der Waals surface area contributed by atoms with Gasteiger partial charge in [0.2, 0.25) is 0 Å². The van der Waals surface area contributed by atoms with Crippen molar-refractivity contribution in [2.24, 2.45) is 23.7 Å². The maximum absolute atomic E-state index is 10.4. The predicted molar refractivity (Wildman–Crippen MR) is 94.6 cm³/mol. The van der Waals surface area contributed by atoms with Crippen LogP contribution in [0, 0.1) is 23.7 Å². The highest BCUT2D eigenvalue weighted by Gasteiger charge is 2.07. The molecule has 0 aromatic heterocycles. The van der Waals surface area contributed by atoms with Gasteiger partial charge in [-0.25, -0.2) is 0 Å². The molecule has 3 atom stereocenters. The largest absolute Gasteiger partial charge is 0.303 e. The molecular formula is C20H40O. The van der Waals surface area contributed by atoms with Crippen LogP contribution in [0.25, 0.3) is 0 Å². The Balaban J connectivity index is 3.47. The first-order chi connectivity index (χ1) is 9.95. The summed E-state index contributed by atoms with van der Waals surface area (Å²) in [5.41, 5.74) is 0. The van der Waals surface area contributed by atoms with E-state index in [0.29, 0.717) is 5.92 Å². The van der Waals surface area contributed by atoms with Crippen molar-refractivity contribution in [2.75, 3.05) is 0 Å². The van der Waals surface area contributed by atoms with Gasteiger partial charge in [0.1, 0.15) is 6.29 Å². The second kappa shape index (κ2) is 13.3. The van der Waals surface area contributed by atoms with Crippen molar-refractivity contribution in [1.29, 1.82) is 0 Å². The molecule has 21 heavy (non-hydrogen) atoms. The standard InChI is InChI=1S/C20H40O/c1-17(2)9-6-10-18(3)11-7-12-19(4)13-8-14-20(5)15-16-21/h16-20H,6-15H2,1-5H3/t18-,19-,20+/m0/s1. The second-order valence-corrected chi connectivity index (χ2v) is 7.90. The topological polar surface area (TPSA) is 17.1 Å². The van der Waals surface area contributed by atoms with E-state index in [1.54, 1.807) is 0 Å². The van der Waals surface area contributed by atoms with Crippen LogP contribution in [0.15, 0.2) is 0 Å². The molecule has 0 saturated carbocycles. The molecule has 0 fully saturated rings. The van der Waals surface area contributed by atoms with E-state index < -0.39 is 0 Å². The zero-order chi connectivity index (χ0) is 16.1. The van der Waals surface area contributed by atoms with Gasteiger partial charge >= 0.3 is 0 Å². The van der Waals surface area contributed by atoms with Crippen molar-refractivity contribution in [2.45, 2.75) is 98.8 Å². The van der Waals surface area contributed by atoms with E-state index in [1.165, 1.54) is 57.8 Å². The van der Waals surface area contributed by atoms with Crippen LogP contribution >= 0.6 is 0 Å². The second-order valence-electron chi connectivity index (χ2n) is 7.90. The van der Waals surface area contributed by atoms with Gasteiger partial charge in [-0.3, -0.25) is 0 Å². The molecule has 0 radical (unpaired) electrons. The highest BCUT2D eigenvalue weighted by atomic mass is 16.1. The summed E-state index contributed by atoms with van der Waals surface area (Å²) in [6, 6.07) is 0. The molecule has 0 amide bonds. The van der Waals surface area contributed by atoms with Crippen LogP contribution in [-0.2, 0) is 4.79 Å². The number of hydrogen-bond donors (Lipinski definition) is 0. The summed E-state index contributed by atoms with van der Waals surface area (Å²) in [5.74, 6) is 3.20. The van der Waals surface area contributed by atoms with Gasteiger partial charge in [-0.15, -0.1) is 0 Å². The van der Waals surface area contributed by atoms with Crippen LogP contribution in [0.2, 0.25) is 0 Å². The highest BCUT2D eigenvalue weighted by molar-refractivity contribution is 5.49. The Hall–Kier alpha value is -0.330. The van der Waals surface area contributed by atoms with Gasteiger partial charge in [0.15, 0.2) is 0 Å². The Bertz CT molecular complexity index is 234. The Morgan fingerprint density at radius 2 is 1.00 bits per heavy atom. The number of hydrogen-bond acceptors (Lipinski definition) is 1. The summed E-state index contributed by atoms with van der Waals surface area (Å²) in [5, 5.41) is 0. The minimum atomic E-state index is 0.579. The van der Waals surface area contributed by atoms with Crippen molar-refractivity contribution in [3.05, 3.63) is 0 Å². The molecule has 0 rings (SSSR count). The van der Waals surface area contributed by atoms with E-state index in [4.69, 9.17) is 0 Å². The molecule has 1 heteroatoms. The van der Waals surface area contributed by atoms with Crippen LogP contribution in [0.1, 0.15) is 98.8 Å². The van der Waals surface area contributed by atoms with Gasteiger partial charge < -0.3 is 4.79 Å².